The first kappa shape index (κ1) is 20.6. The van der Waals surface area contributed by atoms with Crippen molar-refractivity contribution in [3.63, 3.8) is 0 Å². The molecule has 0 radical (unpaired) electrons. The molecule has 30 heavy (non-hydrogen) atoms. The van der Waals surface area contributed by atoms with Crippen LogP contribution in [0.25, 0.3) is 0 Å². The van der Waals surface area contributed by atoms with Crippen molar-refractivity contribution in [2.75, 3.05) is 0 Å². The van der Waals surface area contributed by atoms with Crippen LogP contribution in [0.2, 0.25) is 0 Å². The summed E-state index contributed by atoms with van der Waals surface area (Å²) < 4.78 is 0. The Labute approximate surface area is 187 Å². The topological polar surface area (TPSA) is 0 Å². The van der Waals surface area contributed by atoms with Gasteiger partial charge in [-0.2, -0.15) is 0 Å². The highest BCUT2D eigenvalue weighted by atomic mass is 14.6. The van der Waals surface area contributed by atoms with Crippen molar-refractivity contribution in [1.29, 1.82) is 0 Å². The molecule has 6 bridgehead atoms. The zero-order valence-corrected chi connectivity index (χ0v) is 20.9. The van der Waals surface area contributed by atoms with E-state index in [1.165, 1.54) is 6.42 Å². The van der Waals surface area contributed by atoms with E-state index in [1.54, 1.807) is 77.0 Å². The Hall–Kier alpha value is 0. The van der Waals surface area contributed by atoms with E-state index in [-0.39, 0.29) is 0 Å². The molecule has 0 amide bonds. The van der Waals surface area contributed by atoms with Crippen LogP contribution in [-0.2, 0) is 0 Å². The van der Waals surface area contributed by atoms with Gasteiger partial charge in [0.25, 0.3) is 0 Å². The molecule has 0 heteroatoms. The van der Waals surface area contributed by atoms with Crippen LogP contribution in [0.15, 0.2) is 0 Å². The minimum Gasteiger partial charge on any atom is -0.0622 e. The molecule has 0 aromatic heterocycles. The van der Waals surface area contributed by atoms with Gasteiger partial charge in [0.15, 0.2) is 0 Å². The van der Waals surface area contributed by atoms with Gasteiger partial charge >= 0.3 is 0 Å². The molecule has 9 fully saturated rings. The summed E-state index contributed by atoms with van der Waals surface area (Å²) in [7, 11) is 0. The van der Waals surface area contributed by atoms with E-state index in [9.17, 15) is 0 Å². The first-order chi connectivity index (χ1) is 14.2. The Bertz CT molecular complexity index is 670. The molecule has 0 N–H and O–H groups in total. The number of fused-ring (bicyclic) bond motifs is 6. The van der Waals surface area contributed by atoms with Gasteiger partial charge in [0.05, 0.1) is 0 Å². The molecule has 0 aromatic rings. The number of hydrogen-bond acceptors (Lipinski definition) is 0. The predicted molar refractivity (Wildman–Crippen MR) is 127 cm³/mol. The van der Waals surface area contributed by atoms with E-state index in [4.69, 9.17) is 0 Å². The molecule has 0 nitrogen and oxygen atoms in total. The predicted octanol–water partition coefficient (Wildman–Crippen LogP) is 8.74. The van der Waals surface area contributed by atoms with Crippen LogP contribution in [-0.4, -0.2) is 0 Å². The lowest BCUT2D eigenvalue weighted by Gasteiger charge is -2.65. The van der Waals surface area contributed by atoms with E-state index in [0.29, 0.717) is 5.41 Å². The fourth-order valence-electron chi connectivity index (χ4n) is 11.2. The lowest BCUT2D eigenvalue weighted by molar-refractivity contribution is -0.154. The van der Waals surface area contributed by atoms with Crippen molar-refractivity contribution < 1.29 is 0 Å². The van der Waals surface area contributed by atoms with Gasteiger partial charge < -0.3 is 0 Å². The van der Waals surface area contributed by atoms with Gasteiger partial charge in [-0.05, 0) is 147 Å². The summed E-state index contributed by atoms with van der Waals surface area (Å²) in [5.41, 5.74) is 2.12. The van der Waals surface area contributed by atoms with E-state index < -0.39 is 0 Å². The standard InChI is InChI=1S/C30H50/c1-19-6-9-23-17-25(19)29(23,4)14-13-21-8-11-24-18-27(21)30(24,5)15-12-20-7-10-22-16-26(20)28(22,2)3/h19-27H,6-18H2,1-5H3/t19-,20+,21-,22-,23+,24-,25+,26-,27-,29?,30?/m0/s1. The van der Waals surface area contributed by atoms with Crippen LogP contribution >= 0.6 is 0 Å². The highest BCUT2D eigenvalue weighted by Gasteiger charge is 2.60. The Morgan fingerprint density at radius 1 is 0.567 bits per heavy atom. The largest absolute Gasteiger partial charge is 0.0622 e. The molecule has 9 aliphatic rings. The maximum absolute atomic E-state index is 2.75. The third kappa shape index (κ3) is 2.70. The summed E-state index contributed by atoms with van der Waals surface area (Å²) >= 11 is 0. The van der Waals surface area contributed by atoms with Crippen molar-refractivity contribution in [3.05, 3.63) is 0 Å². The molecule has 0 saturated heterocycles. The summed E-state index contributed by atoms with van der Waals surface area (Å²) in [6.07, 6.45) is 20.3. The van der Waals surface area contributed by atoms with Gasteiger partial charge in [-0.3, -0.25) is 0 Å². The molecule has 0 heterocycles. The van der Waals surface area contributed by atoms with Gasteiger partial charge in [-0.25, -0.2) is 0 Å². The zero-order valence-electron chi connectivity index (χ0n) is 20.9. The van der Waals surface area contributed by atoms with Gasteiger partial charge in [-0.15, -0.1) is 0 Å². The highest BCUT2D eigenvalue weighted by Crippen LogP contribution is 2.68. The van der Waals surface area contributed by atoms with Gasteiger partial charge in [-0.1, -0.05) is 41.0 Å². The number of rotatable bonds is 6. The molecule has 170 valence electrons. The average molecular weight is 411 g/mol. The second-order valence-electron chi connectivity index (χ2n) is 14.8. The molecule has 9 aliphatic carbocycles. The van der Waals surface area contributed by atoms with Crippen LogP contribution < -0.4 is 0 Å². The quantitative estimate of drug-likeness (QED) is 0.410. The lowest BCUT2D eigenvalue weighted by atomic mass is 9.40. The lowest BCUT2D eigenvalue weighted by Crippen LogP contribution is -2.56. The van der Waals surface area contributed by atoms with Crippen molar-refractivity contribution in [2.45, 2.75) is 118 Å². The zero-order chi connectivity index (χ0) is 20.9. The van der Waals surface area contributed by atoms with Crippen molar-refractivity contribution in [1.82, 2.24) is 0 Å². The molecule has 9 saturated carbocycles. The van der Waals surface area contributed by atoms with Crippen molar-refractivity contribution >= 4 is 0 Å². The van der Waals surface area contributed by atoms with E-state index in [2.05, 4.69) is 34.6 Å². The number of hydrogen-bond donors (Lipinski definition) is 0. The Kier molecular flexibility index (Phi) is 4.64. The minimum atomic E-state index is 0.676. The normalized spacial score (nSPS) is 57.7. The molecule has 0 spiro atoms. The minimum absolute atomic E-state index is 0.676. The smallest absolute Gasteiger partial charge is 0.0266 e. The van der Waals surface area contributed by atoms with E-state index in [0.717, 1.165) is 64.1 Å². The van der Waals surface area contributed by atoms with Crippen LogP contribution in [0.5, 0.6) is 0 Å². The van der Waals surface area contributed by atoms with Crippen LogP contribution in [0, 0.1) is 69.5 Å². The highest BCUT2D eigenvalue weighted by molar-refractivity contribution is 5.09. The SMILES string of the molecule is C[C@H]1CC[C@@H]2C[C@H]1C2(C)CC[C@@H]1CC[C@H]2C[C@@H]1C2(C)CC[C@H]1CC[C@H]2C[C@@H]1C2(C)C. The summed E-state index contributed by atoms with van der Waals surface area (Å²) in [4.78, 5) is 0. The molecule has 11 atom stereocenters. The fourth-order valence-corrected chi connectivity index (χ4v) is 11.2. The average Bonchev–Trinajstić information content (AvgIpc) is 2.75. The molecule has 2 unspecified atom stereocenters. The molecular weight excluding hydrogens is 360 g/mol. The third-order valence-electron chi connectivity index (χ3n) is 13.9. The second kappa shape index (κ2) is 6.76. The summed E-state index contributed by atoms with van der Waals surface area (Å²) in [5, 5.41) is 0. The van der Waals surface area contributed by atoms with Gasteiger partial charge in [0.2, 0.25) is 0 Å². The Morgan fingerprint density at radius 3 is 1.60 bits per heavy atom. The molecule has 9 rings (SSSR count). The molecule has 0 aliphatic heterocycles. The Morgan fingerprint density at radius 2 is 1.07 bits per heavy atom. The van der Waals surface area contributed by atoms with E-state index in [1.807, 2.05) is 0 Å². The molecule has 0 aromatic carbocycles. The van der Waals surface area contributed by atoms with Gasteiger partial charge in [0.1, 0.15) is 0 Å². The summed E-state index contributed by atoms with van der Waals surface area (Å²) in [5.74, 6) is 9.61. The van der Waals surface area contributed by atoms with Crippen LogP contribution in [0.4, 0.5) is 0 Å². The van der Waals surface area contributed by atoms with Crippen molar-refractivity contribution in [2.24, 2.45) is 69.5 Å². The molecular formula is C30H50. The maximum atomic E-state index is 2.75. The third-order valence-corrected chi connectivity index (χ3v) is 13.9. The Balaban J connectivity index is 1.06. The van der Waals surface area contributed by atoms with Crippen molar-refractivity contribution in [3.8, 4) is 0 Å². The van der Waals surface area contributed by atoms with Crippen LogP contribution in [0.1, 0.15) is 118 Å². The fraction of sp³-hybridized carbons (Fsp3) is 1.00. The van der Waals surface area contributed by atoms with E-state index >= 15 is 0 Å². The van der Waals surface area contributed by atoms with Gasteiger partial charge in [0, 0.05) is 0 Å². The first-order valence-corrected chi connectivity index (χ1v) is 14.2. The summed E-state index contributed by atoms with van der Waals surface area (Å²) in [6.45, 7) is 13.2. The monoisotopic (exact) mass is 410 g/mol. The first-order valence-electron chi connectivity index (χ1n) is 14.2. The maximum Gasteiger partial charge on any atom is -0.0266 e. The second-order valence-corrected chi connectivity index (χ2v) is 14.8. The summed E-state index contributed by atoms with van der Waals surface area (Å²) in [6, 6.07) is 0. The van der Waals surface area contributed by atoms with Crippen LogP contribution in [0.3, 0.4) is 0 Å².